The molecule has 1 heterocycles. The Balaban J connectivity index is 1.76. The lowest BCUT2D eigenvalue weighted by atomic mass is 10.1. The molecule has 0 saturated carbocycles. The van der Waals surface area contributed by atoms with E-state index in [1.165, 1.54) is 76.3 Å². The normalized spacial score (nSPS) is 17.2. The fourth-order valence-electron chi connectivity index (χ4n) is 2.40. The second kappa shape index (κ2) is 11.0. The minimum atomic E-state index is -0.363. The molecule has 17 heavy (non-hydrogen) atoms. The zero-order valence-corrected chi connectivity index (χ0v) is 12.4. The number of rotatable bonds is 10. The van der Waals surface area contributed by atoms with Gasteiger partial charge >= 0.3 is 0 Å². The maximum atomic E-state index is 5.84. The predicted octanol–water partition coefficient (Wildman–Crippen LogP) is 5.10. The first-order valence-electron chi connectivity index (χ1n) is 7.52. The fourth-order valence-corrected chi connectivity index (χ4v) is 4.67. The molecule has 1 aliphatic rings. The highest BCUT2D eigenvalue weighted by Crippen LogP contribution is 2.17. The highest BCUT2D eigenvalue weighted by molar-refractivity contribution is 6.51. The van der Waals surface area contributed by atoms with Crippen molar-refractivity contribution in [2.45, 2.75) is 76.3 Å². The Hall–Kier alpha value is -0.0831. The van der Waals surface area contributed by atoms with Gasteiger partial charge in [-0.2, -0.15) is 0 Å². The molecule has 1 saturated heterocycles. The largest absolute Gasteiger partial charge is 0.417 e. The van der Waals surface area contributed by atoms with E-state index >= 15 is 0 Å². The van der Waals surface area contributed by atoms with Crippen LogP contribution < -0.4 is 0 Å². The standard InChI is InChI=1S/C15H29OSi/c1-2-3-4-5-6-7-8-9-11-14-17-15-12-10-13-16-17/h2H,1,3-15H2. The Kier molecular flexibility index (Phi) is 9.72. The Labute approximate surface area is 109 Å². The van der Waals surface area contributed by atoms with Crippen LogP contribution in [0.25, 0.3) is 0 Å². The number of hydrogen-bond donors (Lipinski definition) is 0. The van der Waals surface area contributed by atoms with Gasteiger partial charge in [-0.25, -0.2) is 0 Å². The summed E-state index contributed by atoms with van der Waals surface area (Å²) >= 11 is 0. The minimum absolute atomic E-state index is 0.363. The smallest absolute Gasteiger partial charge is 0.211 e. The summed E-state index contributed by atoms with van der Waals surface area (Å²) in [6.07, 6.45) is 15.8. The lowest BCUT2D eigenvalue weighted by molar-refractivity contribution is 0.285. The molecule has 0 unspecified atom stereocenters. The molecule has 0 N–H and O–H groups in total. The Morgan fingerprint density at radius 2 is 1.65 bits per heavy atom. The summed E-state index contributed by atoms with van der Waals surface area (Å²) in [5, 5.41) is 0. The number of hydrogen-bond acceptors (Lipinski definition) is 1. The molecule has 1 fully saturated rings. The summed E-state index contributed by atoms with van der Waals surface area (Å²) in [6, 6.07) is 2.81. The predicted molar refractivity (Wildman–Crippen MR) is 77.7 cm³/mol. The van der Waals surface area contributed by atoms with Gasteiger partial charge in [0.1, 0.15) is 0 Å². The molecule has 0 aliphatic carbocycles. The minimum Gasteiger partial charge on any atom is -0.417 e. The zero-order valence-electron chi connectivity index (χ0n) is 11.4. The molecule has 0 spiro atoms. The first kappa shape index (κ1) is 15.0. The molecular formula is C15H29OSi. The van der Waals surface area contributed by atoms with Crippen molar-refractivity contribution in [1.82, 2.24) is 0 Å². The molecule has 1 aliphatic heterocycles. The molecule has 0 bridgehead atoms. The van der Waals surface area contributed by atoms with Crippen molar-refractivity contribution in [3.63, 3.8) is 0 Å². The average molecular weight is 253 g/mol. The van der Waals surface area contributed by atoms with Gasteiger partial charge in [0.25, 0.3) is 0 Å². The van der Waals surface area contributed by atoms with Gasteiger partial charge in [0.15, 0.2) is 0 Å². The molecule has 0 aromatic rings. The quantitative estimate of drug-likeness (QED) is 0.299. The highest BCUT2D eigenvalue weighted by Gasteiger charge is 2.16. The van der Waals surface area contributed by atoms with E-state index in [0.29, 0.717) is 0 Å². The van der Waals surface area contributed by atoms with E-state index in [1.807, 2.05) is 6.08 Å². The topological polar surface area (TPSA) is 9.23 Å². The molecule has 0 amide bonds. The van der Waals surface area contributed by atoms with Crippen LogP contribution in [0.15, 0.2) is 12.7 Å². The van der Waals surface area contributed by atoms with Crippen molar-refractivity contribution in [2.24, 2.45) is 0 Å². The van der Waals surface area contributed by atoms with Gasteiger partial charge < -0.3 is 4.43 Å². The summed E-state index contributed by atoms with van der Waals surface area (Å²) in [5.41, 5.74) is 0. The van der Waals surface area contributed by atoms with Crippen LogP contribution in [0, 0.1) is 0 Å². The molecule has 99 valence electrons. The maximum Gasteiger partial charge on any atom is 0.211 e. The van der Waals surface area contributed by atoms with Gasteiger partial charge in [-0.05, 0) is 31.4 Å². The van der Waals surface area contributed by atoms with E-state index in [1.54, 1.807) is 0 Å². The summed E-state index contributed by atoms with van der Waals surface area (Å²) < 4.78 is 5.84. The van der Waals surface area contributed by atoms with E-state index in [0.717, 1.165) is 6.61 Å². The average Bonchev–Trinajstić information content (AvgIpc) is 2.38. The van der Waals surface area contributed by atoms with E-state index in [4.69, 9.17) is 4.43 Å². The van der Waals surface area contributed by atoms with Gasteiger partial charge in [0, 0.05) is 6.61 Å². The SMILES string of the molecule is C=CCCCCCCCCC[Si]1CCCCO1. The third-order valence-corrected chi connectivity index (χ3v) is 5.95. The van der Waals surface area contributed by atoms with Gasteiger partial charge in [0.05, 0.1) is 0 Å². The Bertz CT molecular complexity index is 176. The van der Waals surface area contributed by atoms with Crippen LogP contribution in [0.4, 0.5) is 0 Å². The molecule has 1 nitrogen and oxygen atoms in total. The van der Waals surface area contributed by atoms with E-state index in [-0.39, 0.29) is 9.04 Å². The second-order valence-corrected chi connectivity index (χ2v) is 7.51. The Morgan fingerprint density at radius 3 is 2.29 bits per heavy atom. The maximum absolute atomic E-state index is 5.84. The van der Waals surface area contributed by atoms with Crippen molar-refractivity contribution in [2.75, 3.05) is 6.61 Å². The van der Waals surface area contributed by atoms with Gasteiger partial charge in [0.2, 0.25) is 9.04 Å². The molecule has 1 rings (SSSR count). The van der Waals surface area contributed by atoms with E-state index < -0.39 is 0 Å². The fraction of sp³-hybridized carbons (Fsp3) is 0.867. The summed E-state index contributed by atoms with van der Waals surface area (Å²) in [4.78, 5) is 0. The molecule has 0 atom stereocenters. The first-order chi connectivity index (χ1) is 8.43. The van der Waals surface area contributed by atoms with Crippen LogP contribution in [0.1, 0.15) is 64.2 Å². The van der Waals surface area contributed by atoms with Crippen LogP contribution >= 0.6 is 0 Å². The van der Waals surface area contributed by atoms with Gasteiger partial charge in [-0.3, -0.25) is 0 Å². The number of unbranched alkanes of at least 4 members (excludes halogenated alkanes) is 7. The Morgan fingerprint density at radius 1 is 0.941 bits per heavy atom. The monoisotopic (exact) mass is 253 g/mol. The molecular weight excluding hydrogens is 224 g/mol. The van der Waals surface area contributed by atoms with Crippen molar-refractivity contribution in [3.05, 3.63) is 12.7 Å². The van der Waals surface area contributed by atoms with Crippen molar-refractivity contribution in [1.29, 1.82) is 0 Å². The van der Waals surface area contributed by atoms with Gasteiger partial charge in [-0.1, -0.05) is 51.0 Å². The number of allylic oxidation sites excluding steroid dienone is 1. The van der Waals surface area contributed by atoms with Crippen molar-refractivity contribution in [3.8, 4) is 0 Å². The third kappa shape index (κ3) is 8.61. The molecule has 0 aromatic carbocycles. The molecule has 0 aromatic heterocycles. The summed E-state index contributed by atoms with van der Waals surface area (Å²) in [6.45, 7) is 4.81. The third-order valence-electron chi connectivity index (χ3n) is 3.52. The summed E-state index contributed by atoms with van der Waals surface area (Å²) in [7, 11) is -0.363. The first-order valence-corrected chi connectivity index (χ1v) is 9.34. The van der Waals surface area contributed by atoms with Crippen LogP contribution in [0.3, 0.4) is 0 Å². The van der Waals surface area contributed by atoms with Crippen molar-refractivity contribution >= 4 is 9.04 Å². The molecule has 2 heteroatoms. The summed E-state index contributed by atoms with van der Waals surface area (Å²) in [5.74, 6) is 0. The van der Waals surface area contributed by atoms with Gasteiger partial charge in [-0.15, -0.1) is 6.58 Å². The lowest BCUT2D eigenvalue weighted by Gasteiger charge is -2.19. The van der Waals surface area contributed by atoms with E-state index in [9.17, 15) is 0 Å². The van der Waals surface area contributed by atoms with Crippen LogP contribution in [0.5, 0.6) is 0 Å². The van der Waals surface area contributed by atoms with Crippen LogP contribution in [-0.2, 0) is 4.43 Å². The highest BCUT2D eigenvalue weighted by atomic mass is 28.3. The van der Waals surface area contributed by atoms with Crippen LogP contribution in [0.2, 0.25) is 12.1 Å². The zero-order chi connectivity index (χ0) is 12.2. The van der Waals surface area contributed by atoms with Crippen LogP contribution in [-0.4, -0.2) is 15.6 Å². The van der Waals surface area contributed by atoms with Crippen molar-refractivity contribution < 1.29 is 4.43 Å². The second-order valence-electron chi connectivity index (χ2n) is 5.15. The lowest BCUT2D eigenvalue weighted by Crippen LogP contribution is -2.22. The van der Waals surface area contributed by atoms with E-state index in [2.05, 4.69) is 6.58 Å². The molecule has 1 radical (unpaired) electrons.